The largest absolute Gasteiger partial charge is 0.493 e. The molecule has 2 aromatic carbocycles. The smallest absolute Gasteiger partial charge is 0.416 e. The molecular formula is C20H23NO5. The van der Waals surface area contributed by atoms with Gasteiger partial charge in [-0.05, 0) is 43.2 Å². The van der Waals surface area contributed by atoms with Crippen molar-refractivity contribution in [1.29, 1.82) is 0 Å². The highest BCUT2D eigenvalue weighted by Crippen LogP contribution is 2.27. The molecule has 2 amide bonds. The molecule has 6 nitrogen and oxygen atoms in total. The maximum atomic E-state index is 12.7. The summed E-state index contributed by atoms with van der Waals surface area (Å²) in [6, 6.07) is 14.2. The zero-order valence-electron chi connectivity index (χ0n) is 15.2. The lowest BCUT2D eigenvalue weighted by atomic mass is 10.1. The van der Waals surface area contributed by atoms with Crippen molar-refractivity contribution in [1.82, 2.24) is 4.90 Å². The van der Waals surface area contributed by atoms with E-state index in [1.165, 1.54) is 0 Å². The van der Waals surface area contributed by atoms with Crippen LogP contribution in [-0.4, -0.2) is 44.3 Å². The van der Waals surface area contributed by atoms with Gasteiger partial charge in [0.25, 0.3) is 5.91 Å². The summed E-state index contributed by atoms with van der Waals surface area (Å²) in [5.74, 6) is 0.838. The standard InChI is InChI=1S/C20H23NO5/c1-4-26-20(23)21(19(22)16-8-6-5-7-9-16)13-12-15-10-11-17(24-2)18(14-15)25-3/h5-11,14H,4,12-13H2,1-3H3. The lowest BCUT2D eigenvalue weighted by Crippen LogP contribution is -2.38. The minimum Gasteiger partial charge on any atom is -0.493 e. The molecule has 0 aliphatic heterocycles. The zero-order valence-corrected chi connectivity index (χ0v) is 15.2. The Balaban J connectivity index is 2.17. The number of carbonyl (C=O) groups is 2. The predicted octanol–water partition coefficient (Wildman–Crippen LogP) is 3.55. The first-order valence-corrected chi connectivity index (χ1v) is 8.35. The molecule has 0 bridgehead atoms. The van der Waals surface area contributed by atoms with Gasteiger partial charge in [0.05, 0.1) is 20.8 Å². The van der Waals surface area contributed by atoms with Gasteiger partial charge in [-0.15, -0.1) is 0 Å². The molecule has 0 atom stereocenters. The first-order valence-electron chi connectivity index (χ1n) is 8.35. The van der Waals surface area contributed by atoms with Crippen LogP contribution < -0.4 is 9.47 Å². The van der Waals surface area contributed by atoms with Crippen LogP contribution in [0.3, 0.4) is 0 Å². The summed E-state index contributed by atoms with van der Waals surface area (Å²) in [4.78, 5) is 26.0. The number of amides is 2. The number of methoxy groups -OCH3 is 2. The summed E-state index contributed by atoms with van der Waals surface area (Å²) in [7, 11) is 3.13. The molecule has 0 saturated carbocycles. The van der Waals surface area contributed by atoms with Crippen LogP contribution in [0.25, 0.3) is 0 Å². The molecule has 26 heavy (non-hydrogen) atoms. The minimum absolute atomic E-state index is 0.196. The maximum absolute atomic E-state index is 12.7. The summed E-state index contributed by atoms with van der Waals surface area (Å²) in [5, 5.41) is 0. The molecule has 0 spiro atoms. The third-order valence-corrected chi connectivity index (χ3v) is 3.83. The molecular weight excluding hydrogens is 334 g/mol. The molecule has 0 unspecified atom stereocenters. The van der Waals surface area contributed by atoms with E-state index in [1.54, 1.807) is 51.5 Å². The topological polar surface area (TPSA) is 65.1 Å². The normalized spacial score (nSPS) is 10.1. The molecule has 0 aromatic heterocycles. The molecule has 0 radical (unpaired) electrons. The summed E-state index contributed by atoms with van der Waals surface area (Å²) in [5.41, 5.74) is 1.35. The van der Waals surface area contributed by atoms with Crippen molar-refractivity contribution in [3.63, 3.8) is 0 Å². The van der Waals surface area contributed by atoms with Gasteiger partial charge in [0, 0.05) is 12.1 Å². The quantitative estimate of drug-likeness (QED) is 0.758. The lowest BCUT2D eigenvalue weighted by Gasteiger charge is -2.20. The molecule has 0 N–H and O–H groups in total. The van der Waals surface area contributed by atoms with Crippen molar-refractivity contribution in [3.8, 4) is 11.5 Å². The average Bonchev–Trinajstić information content (AvgIpc) is 2.68. The van der Waals surface area contributed by atoms with Gasteiger partial charge < -0.3 is 14.2 Å². The van der Waals surface area contributed by atoms with Gasteiger partial charge in [-0.25, -0.2) is 9.69 Å². The van der Waals surface area contributed by atoms with Crippen LogP contribution in [0, 0.1) is 0 Å². The van der Waals surface area contributed by atoms with Crippen molar-refractivity contribution < 1.29 is 23.8 Å². The number of ether oxygens (including phenoxy) is 3. The van der Waals surface area contributed by atoms with E-state index in [9.17, 15) is 9.59 Å². The van der Waals surface area contributed by atoms with Crippen LogP contribution in [0.1, 0.15) is 22.8 Å². The Hall–Kier alpha value is -3.02. The van der Waals surface area contributed by atoms with E-state index in [2.05, 4.69) is 0 Å². The van der Waals surface area contributed by atoms with E-state index >= 15 is 0 Å². The van der Waals surface area contributed by atoms with E-state index in [1.807, 2.05) is 18.2 Å². The first kappa shape index (κ1) is 19.3. The predicted molar refractivity (Wildman–Crippen MR) is 97.8 cm³/mol. The van der Waals surface area contributed by atoms with Crippen molar-refractivity contribution in [2.75, 3.05) is 27.4 Å². The summed E-state index contributed by atoms with van der Waals surface area (Å²) in [6.07, 6.45) is -0.181. The van der Waals surface area contributed by atoms with Gasteiger partial charge in [0.2, 0.25) is 0 Å². The number of hydrogen-bond donors (Lipinski definition) is 0. The van der Waals surface area contributed by atoms with Crippen LogP contribution in [0.4, 0.5) is 4.79 Å². The van der Waals surface area contributed by atoms with Gasteiger partial charge >= 0.3 is 6.09 Å². The molecule has 0 saturated heterocycles. The minimum atomic E-state index is -0.651. The van der Waals surface area contributed by atoms with Crippen molar-refractivity contribution in [3.05, 3.63) is 59.7 Å². The Kier molecular flexibility index (Phi) is 7.02. The number of rotatable bonds is 7. The Morgan fingerprint density at radius 1 is 0.962 bits per heavy atom. The molecule has 0 aliphatic carbocycles. The number of hydrogen-bond acceptors (Lipinski definition) is 5. The van der Waals surface area contributed by atoms with Gasteiger partial charge in [0.15, 0.2) is 11.5 Å². The molecule has 0 heterocycles. The number of nitrogens with zero attached hydrogens (tertiary/aromatic N) is 1. The Morgan fingerprint density at radius 2 is 1.65 bits per heavy atom. The molecule has 0 aliphatic rings. The van der Waals surface area contributed by atoms with Crippen molar-refractivity contribution >= 4 is 12.0 Å². The third kappa shape index (κ3) is 4.75. The van der Waals surface area contributed by atoms with E-state index in [-0.39, 0.29) is 19.1 Å². The zero-order chi connectivity index (χ0) is 18.9. The van der Waals surface area contributed by atoms with Gasteiger partial charge in [-0.1, -0.05) is 24.3 Å². The molecule has 6 heteroatoms. The van der Waals surface area contributed by atoms with E-state index in [4.69, 9.17) is 14.2 Å². The summed E-state index contributed by atoms with van der Waals surface area (Å²) < 4.78 is 15.5. The fourth-order valence-corrected chi connectivity index (χ4v) is 2.49. The Morgan fingerprint density at radius 3 is 2.27 bits per heavy atom. The third-order valence-electron chi connectivity index (χ3n) is 3.83. The number of carbonyl (C=O) groups excluding carboxylic acids is 2. The Labute approximate surface area is 153 Å². The monoisotopic (exact) mass is 357 g/mol. The molecule has 0 fully saturated rings. The Bertz CT molecular complexity index is 745. The van der Waals surface area contributed by atoms with E-state index < -0.39 is 6.09 Å². The second-order valence-corrected chi connectivity index (χ2v) is 5.46. The van der Waals surface area contributed by atoms with Crippen molar-refractivity contribution in [2.45, 2.75) is 13.3 Å². The fraction of sp³-hybridized carbons (Fsp3) is 0.300. The maximum Gasteiger partial charge on any atom is 0.416 e. The molecule has 2 aromatic rings. The lowest BCUT2D eigenvalue weighted by molar-refractivity contribution is 0.0675. The van der Waals surface area contributed by atoms with Crippen LogP contribution in [0.15, 0.2) is 48.5 Å². The van der Waals surface area contributed by atoms with E-state index in [0.717, 1.165) is 10.5 Å². The highest BCUT2D eigenvalue weighted by molar-refractivity contribution is 6.02. The second-order valence-electron chi connectivity index (χ2n) is 5.46. The molecule has 138 valence electrons. The second kappa shape index (κ2) is 9.46. The highest BCUT2D eigenvalue weighted by Gasteiger charge is 2.23. The number of imide groups is 1. The number of benzene rings is 2. The summed E-state index contributed by atoms with van der Waals surface area (Å²) in [6.45, 7) is 2.10. The average molecular weight is 357 g/mol. The van der Waals surface area contributed by atoms with E-state index in [0.29, 0.717) is 23.5 Å². The van der Waals surface area contributed by atoms with Crippen LogP contribution >= 0.6 is 0 Å². The SMILES string of the molecule is CCOC(=O)N(CCc1ccc(OC)c(OC)c1)C(=O)c1ccccc1. The highest BCUT2D eigenvalue weighted by atomic mass is 16.6. The fourth-order valence-electron chi connectivity index (χ4n) is 2.49. The van der Waals surface area contributed by atoms with Crippen LogP contribution in [0.5, 0.6) is 11.5 Å². The van der Waals surface area contributed by atoms with Gasteiger partial charge in [-0.3, -0.25) is 4.79 Å². The summed E-state index contributed by atoms with van der Waals surface area (Å²) >= 11 is 0. The molecule has 2 rings (SSSR count). The first-order chi connectivity index (χ1) is 12.6. The van der Waals surface area contributed by atoms with Gasteiger partial charge in [0.1, 0.15) is 0 Å². The van der Waals surface area contributed by atoms with Crippen LogP contribution in [0.2, 0.25) is 0 Å². The van der Waals surface area contributed by atoms with Crippen molar-refractivity contribution in [2.24, 2.45) is 0 Å². The van der Waals surface area contributed by atoms with Gasteiger partial charge in [-0.2, -0.15) is 0 Å². The van der Waals surface area contributed by atoms with Crippen LogP contribution in [-0.2, 0) is 11.2 Å².